The molecule has 0 spiro atoms. The average Bonchev–Trinajstić information content (AvgIpc) is 3.32. The third-order valence-electron chi connectivity index (χ3n) is 6.30. The zero-order valence-corrected chi connectivity index (χ0v) is 24.3. The lowest BCUT2D eigenvalue weighted by molar-refractivity contribution is 0.285. The maximum absolute atomic E-state index is 13.2. The first-order valence-corrected chi connectivity index (χ1v) is 15.7. The summed E-state index contributed by atoms with van der Waals surface area (Å²) in [4.78, 5) is 0.262. The van der Waals surface area contributed by atoms with Crippen molar-refractivity contribution in [1.29, 1.82) is 0 Å². The molecule has 0 amide bonds. The second kappa shape index (κ2) is 13.8. The van der Waals surface area contributed by atoms with E-state index in [4.69, 9.17) is 4.74 Å². The molecule has 39 heavy (non-hydrogen) atoms. The number of ether oxygens (including phenoxy) is 1. The molecule has 4 aromatic rings. The van der Waals surface area contributed by atoms with Crippen LogP contribution < -0.4 is 9.46 Å². The summed E-state index contributed by atoms with van der Waals surface area (Å²) in [5, 5.41) is 9.71. The van der Waals surface area contributed by atoms with Gasteiger partial charge in [0.2, 0.25) is 10.0 Å². The monoisotopic (exact) mass is 564 g/mol. The van der Waals surface area contributed by atoms with Crippen molar-refractivity contribution < 1.29 is 13.2 Å². The maximum atomic E-state index is 13.2. The molecule has 0 radical (unpaired) electrons. The maximum Gasteiger partial charge on any atom is 0.241 e. The van der Waals surface area contributed by atoms with E-state index in [1.165, 1.54) is 0 Å². The summed E-state index contributed by atoms with van der Waals surface area (Å²) in [5.41, 5.74) is 1.94. The minimum atomic E-state index is -3.68. The minimum Gasteiger partial charge on any atom is -0.486 e. The van der Waals surface area contributed by atoms with Crippen LogP contribution in [0.1, 0.15) is 49.7 Å². The zero-order valence-electron chi connectivity index (χ0n) is 22.7. The van der Waals surface area contributed by atoms with Crippen LogP contribution in [0.4, 0.5) is 0 Å². The van der Waals surface area contributed by atoms with Gasteiger partial charge in [0.05, 0.1) is 4.90 Å². The number of thioether (sulfide) groups is 1. The van der Waals surface area contributed by atoms with E-state index in [1.807, 2.05) is 79.7 Å². The second-order valence-electron chi connectivity index (χ2n) is 9.87. The highest BCUT2D eigenvalue weighted by Gasteiger charge is 2.22. The van der Waals surface area contributed by atoms with E-state index in [-0.39, 0.29) is 10.9 Å². The Labute approximate surface area is 236 Å². The predicted molar refractivity (Wildman–Crippen MR) is 156 cm³/mol. The van der Waals surface area contributed by atoms with Gasteiger partial charge in [-0.05, 0) is 55.5 Å². The Bertz CT molecular complexity index is 1410. The number of nitrogens with zero attached hydrogens (tertiary/aromatic N) is 3. The Balaban J connectivity index is 1.47. The van der Waals surface area contributed by atoms with Crippen LogP contribution in [0.5, 0.6) is 5.75 Å². The van der Waals surface area contributed by atoms with E-state index >= 15 is 0 Å². The summed E-state index contributed by atoms with van der Waals surface area (Å²) < 4.78 is 37.4. The van der Waals surface area contributed by atoms with Gasteiger partial charge in [0, 0.05) is 18.3 Å². The van der Waals surface area contributed by atoms with E-state index in [1.54, 1.807) is 23.9 Å². The molecule has 1 atom stereocenters. The molecular formula is C30H36N4O3S2. The molecule has 0 aliphatic heterocycles. The summed E-state index contributed by atoms with van der Waals surface area (Å²) in [5.74, 6) is 2.76. The van der Waals surface area contributed by atoms with Crippen LogP contribution in [-0.2, 0) is 23.2 Å². The van der Waals surface area contributed by atoms with Crippen LogP contribution in [0, 0.1) is 12.8 Å². The molecule has 1 aromatic heterocycles. The van der Waals surface area contributed by atoms with Gasteiger partial charge in [0.25, 0.3) is 0 Å². The molecule has 1 N–H and O–H groups in total. The van der Waals surface area contributed by atoms with Crippen LogP contribution in [0.2, 0.25) is 0 Å². The fraction of sp³-hybridized carbons (Fsp3) is 0.333. The Morgan fingerprint density at radius 3 is 2.23 bits per heavy atom. The molecule has 1 unspecified atom stereocenters. The number of hydrogen-bond donors (Lipinski definition) is 1. The van der Waals surface area contributed by atoms with Gasteiger partial charge in [-0.15, -0.1) is 10.2 Å². The van der Waals surface area contributed by atoms with E-state index < -0.39 is 10.0 Å². The van der Waals surface area contributed by atoms with Gasteiger partial charge in [0.1, 0.15) is 12.4 Å². The first kappa shape index (κ1) is 28.9. The summed E-state index contributed by atoms with van der Waals surface area (Å²) in [6, 6.07) is 25.9. The third kappa shape index (κ3) is 8.42. The van der Waals surface area contributed by atoms with Crippen molar-refractivity contribution in [1.82, 2.24) is 19.5 Å². The standard InChI is InChI=1S/C30H36N4O3S2/c1-23(2)18-20-34-29(22-37-26-12-8-5-9-13-26)31-32-30(34)38-21-19-28(25-10-6-4-7-11-25)33-39(35,36)27-16-14-24(3)15-17-27/h4-17,23,28,33H,18-22H2,1-3H3. The Morgan fingerprint density at radius 1 is 0.897 bits per heavy atom. The van der Waals surface area contributed by atoms with Crippen LogP contribution in [-0.4, -0.2) is 28.9 Å². The van der Waals surface area contributed by atoms with Gasteiger partial charge < -0.3 is 9.30 Å². The predicted octanol–water partition coefficient (Wildman–Crippen LogP) is 6.41. The number of sulfonamides is 1. The molecule has 0 saturated carbocycles. The molecule has 0 bridgehead atoms. The highest BCUT2D eigenvalue weighted by molar-refractivity contribution is 7.99. The largest absolute Gasteiger partial charge is 0.486 e. The van der Waals surface area contributed by atoms with Crippen LogP contribution in [0.25, 0.3) is 0 Å². The number of para-hydroxylation sites is 1. The third-order valence-corrected chi connectivity index (χ3v) is 8.79. The van der Waals surface area contributed by atoms with Gasteiger partial charge in [-0.3, -0.25) is 0 Å². The highest BCUT2D eigenvalue weighted by Crippen LogP contribution is 2.26. The Morgan fingerprint density at radius 2 is 1.56 bits per heavy atom. The topological polar surface area (TPSA) is 86.1 Å². The van der Waals surface area contributed by atoms with E-state index in [0.29, 0.717) is 24.7 Å². The molecule has 3 aromatic carbocycles. The lowest BCUT2D eigenvalue weighted by Crippen LogP contribution is -2.29. The molecule has 7 nitrogen and oxygen atoms in total. The van der Waals surface area contributed by atoms with Gasteiger partial charge in [-0.25, -0.2) is 13.1 Å². The van der Waals surface area contributed by atoms with Crippen LogP contribution in [0.3, 0.4) is 0 Å². The van der Waals surface area contributed by atoms with Crippen molar-refractivity contribution in [3.05, 3.63) is 102 Å². The summed E-state index contributed by atoms with van der Waals surface area (Å²) in [6.45, 7) is 7.46. The molecule has 206 valence electrons. The normalized spacial score (nSPS) is 12.5. The van der Waals surface area contributed by atoms with Gasteiger partial charge in [0.15, 0.2) is 11.0 Å². The summed E-state index contributed by atoms with van der Waals surface area (Å²) in [6.07, 6.45) is 1.58. The minimum absolute atomic E-state index is 0.262. The molecular weight excluding hydrogens is 528 g/mol. The number of aromatic nitrogens is 3. The zero-order chi connectivity index (χ0) is 27.7. The Hall–Kier alpha value is -3.14. The lowest BCUT2D eigenvalue weighted by atomic mass is 10.1. The molecule has 0 saturated heterocycles. The van der Waals surface area contributed by atoms with Crippen LogP contribution in [0.15, 0.2) is 95.0 Å². The van der Waals surface area contributed by atoms with Gasteiger partial charge in [-0.1, -0.05) is 91.8 Å². The van der Waals surface area contributed by atoms with Crippen molar-refractivity contribution in [2.75, 3.05) is 5.75 Å². The first-order valence-electron chi connectivity index (χ1n) is 13.2. The molecule has 0 aliphatic rings. The number of hydrogen-bond acceptors (Lipinski definition) is 6. The molecule has 0 fully saturated rings. The van der Waals surface area contributed by atoms with E-state index in [2.05, 4.69) is 33.3 Å². The molecule has 9 heteroatoms. The SMILES string of the molecule is Cc1ccc(S(=O)(=O)NC(CCSc2nnc(COc3ccccc3)n2CCC(C)C)c2ccccc2)cc1. The second-order valence-corrected chi connectivity index (χ2v) is 12.6. The number of nitrogens with one attached hydrogen (secondary N) is 1. The smallest absolute Gasteiger partial charge is 0.241 e. The van der Waals surface area contributed by atoms with Gasteiger partial charge >= 0.3 is 0 Å². The van der Waals surface area contributed by atoms with E-state index in [9.17, 15) is 8.42 Å². The summed E-state index contributed by atoms with van der Waals surface area (Å²) >= 11 is 1.59. The fourth-order valence-electron chi connectivity index (χ4n) is 4.03. The number of benzene rings is 3. The first-order chi connectivity index (χ1) is 18.8. The average molecular weight is 565 g/mol. The Kier molecular flexibility index (Phi) is 10.2. The van der Waals surface area contributed by atoms with Crippen molar-refractivity contribution in [3.8, 4) is 5.75 Å². The van der Waals surface area contributed by atoms with Crippen LogP contribution >= 0.6 is 11.8 Å². The quantitative estimate of drug-likeness (QED) is 0.178. The molecule has 4 rings (SSSR count). The molecule has 1 heterocycles. The van der Waals surface area contributed by atoms with Crippen molar-refractivity contribution in [2.45, 2.75) is 62.9 Å². The summed E-state index contributed by atoms with van der Waals surface area (Å²) in [7, 11) is -3.68. The number of rotatable bonds is 14. The fourth-order valence-corrected chi connectivity index (χ4v) is 6.27. The highest BCUT2D eigenvalue weighted by atomic mass is 32.2. The van der Waals surface area contributed by atoms with Crippen molar-refractivity contribution >= 4 is 21.8 Å². The van der Waals surface area contributed by atoms with Gasteiger partial charge in [-0.2, -0.15) is 0 Å². The van der Waals surface area contributed by atoms with E-state index in [0.717, 1.165) is 40.8 Å². The van der Waals surface area contributed by atoms with Crippen molar-refractivity contribution in [2.24, 2.45) is 5.92 Å². The number of aryl methyl sites for hydroxylation is 1. The van der Waals surface area contributed by atoms with Crippen molar-refractivity contribution in [3.63, 3.8) is 0 Å². The lowest BCUT2D eigenvalue weighted by Gasteiger charge is -2.19. The molecule has 0 aliphatic carbocycles.